The first-order chi connectivity index (χ1) is 10.7. The van der Waals surface area contributed by atoms with Gasteiger partial charge in [0.25, 0.3) is 0 Å². The molecule has 1 atom stereocenters. The number of fused-ring (bicyclic) bond motifs is 1. The van der Waals surface area contributed by atoms with E-state index in [1.807, 2.05) is 11.9 Å². The van der Waals surface area contributed by atoms with Crippen LogP contribution >= 0.6 is 12.2 Å². The number of rotatable bonds is 2. The van der Waals surface area contributed by atoms with Gasteiger partial charge in [0.05, 0.1) is 11.7 Å². The summed E-state index contributed by atoms with van der Waals surface area (Å²) < 4.78 is 13.8. The first-order valence-corrected chi connectivity index (χ1v) is 7.94. The van der Waals surface area contributed by atoms with Crippen LogP contribution in [0.3, 0.4) is 0 Å². The Morgan fingerprint density at radius 2 is 1.91 bits per heavy atom. The Kier molecular flexibility index (Phi) is 4.39. The fourth-order valence-corrected chi connectivity index (χ4v) is 3.28. The topological polar surface area (TPSA) is 15.3 Å². The van der Waals surface area contributed by atoms with Crippen LogP contribution in [0.4, 0.5) is 10.1 Å². The summed E-state index contributed by atoms with van der Waals surface area (Å²) in [6, 6.07) is 15.3. The zero-order chi connectivity index (χ0) is 15.5. The molecule has 1 aliphatic carbocycles. The molecule has 3 rings (SSSR count). The molecule has 0 bridgehead atoms. The first-order valence-electron chi connectivity index (χ1n) is 7.53. The van der Waals surface area contributed by atoms with E-state index in [4.69, 9.17) is 12.2 Å². The highest BCUT2D eigenvalue weighted by atomic mass is 32.1. The highest BCUT2D eigenvalue weighted by molar-refractivity contribution is 7.80. The molecule has 114 valence electrons. The summed E-state index contributed by atoms with van der Waals surface area (Å²) in [6.07, 6.45) is 3.33. The van der Waals surface area contributed by atoms with Gasteiger partial charge in [-0.1, -0.05) is 36.4 Å². The molecule has 0 saturated heterocycles. The quantitative estimate of drug-likeness (QED) is 0.820. The van der Waals surface area contributed by atoms with Crippen molar-refractivity contribution in [3.8, 4) is 0 Å². The number of nitrogens with zero attached hydrogens (tertiary/aromatic N) is 1. The van der Waals surface area contributed by atoms with E-state index < -0.39 is 0 Å². The van der Waals surface area contributed by atoms with Gasteiger partial charge in [-0.05, 0) is 54.7 Å². The zero-order valence-corrected chi connectivity index (χ0v) is 13.4. The number of thiocarbonyl (C=S) groups is 1. The molecule has 2 aromatic carbocycles. The number of para-hydroxylation sites is 1. The standard InChI is InChI=1S/C18H19FN2S/c1-21(18(22)20-16-11-5-4-10-15(16)19)17-12-6-8-13-7-2-3-9-14(13)17/h2-5,7,9-11,17H,6,8,12H2,1H3,(H,20,22)/t17-/m1/s1. The smallest absolute Gasteiger partial charge is 0.173 e. The third-order valence-corrected chi connectivity index (χ3v) is 4.63. The minimum atomic E-state index is -0.290. The predicted molar refractivity (Wildman–Crippen MR) is 92.5 cm³/mol. The van der Waals surface area contributed by atoms with Gasteiger partial charge in [-0.15, -0.1) is 0 Å². The van der Waals surface area contributed by atoms with Gasteiger partial charge in [0.2, 0.25) is 0 Å². The molecule has 2 aromatic rings. The third kappa shape index (κ3) is 2.97. The SMILES string of the molecule is CN(C(=S)Nc1ccccc1F)[C@@H]1CCCc2ccccc21. The molecule has 2 nitrogen and oxygen atoms in total. The number of anilines is 1. The van der Waals surface area contributed by atoms with E-state index >= 15 is 0 Å². The fourth-order valence-electron chi connectivity index (χ4n) is 3.04. The average molecular weight is 314 g/mol. The van der Waals surface area contributed by atoms with Gasteiger partial charge in [-0.25, -0.2) is 4.39 Å². The van der Waals surface area contributed by atoms with Gasteiger partial charge in [0, 0.05) is 7.05 Å². The third-order valence-electron chi connectivity index (χ3n) is 4.24. The monoisotopic (exact) mass is 314 g/mol. The largest absolute Gasteiger partial charge is 0.345 e. The molecular weight excluding hydrogens is 295 g/mol. The summed E-state index contributed by atoms with van der Waals surface area (Å²) in [7, 11) is 1.98. The maximum Gasteiger partial charge on any atom is 0.173 e. The minimum absolute atomic E-state index is 0.247. The van der Waals surface area contributed by atoms with Crippen molar-refractivity contribution in [2.45, 2.75) is 25.3 Å². The van der Waals surface area contributed by atoms with Gasteiger partial charge in [-0.3, -0.25) is 0 Å². The van der Waals surface area contributed by atoms with Gasteiger partial charge in [0.15, 0.2) is 5.11 Å². The molecule has 0 aliphatic heterocycles. The first kappa shape index (κ1) is 15.0. The van der Waals surface area contributed by atoms with Gasteiger partial charge in [-0.2, -0.15) is 0 Å². The van der Waals surface area contributed by atoms with Crippen molar-refractivity contribution in [2.75, 3.05) is 12.4 Å². The maximum atomic E-state index is 13.8. The molecule has 0 heterocycles. The van der Waals surface area contributed by atoms with Gasteiger partial charge >= 0.3 is 0 Å². The van der Waals surface area contributed by atoms with Crippen LogP contribution in [0.5, 0.6) is 0 Å². The molecule has 0 saturated carbocycles. The highest BCUT2D eigenvalue weighted by Gasteiger charge is 2.25. The molecule has 4 heteroatoms. The molecule has 22 heavy (non-hydrogen) atoms. The van der Waals surface area contributed by atoms with Crippen LogP contribution < -0.4 is 5.32 Å². The molecular formula is C18H19FN2S. The number of hydrogen-bond acceptors (Lipinski definition) is 1. The van der Waals surface area contributed by atoms with E-state index in [1.54, 1.807) is 18.2 Å². The summed E-state index contributed by atoms with van der Waals surface area (Å²) >= 11 is 5.48. The summed E-state index contributed by atoms with van der Waals surface area (Å²) in [6.45, 7) is 0. The highest BCUT2D eigenvalue weighted by Crippen LogP contribution is 2.33. The number of hydrogen-bond donors (Lipinski definition) is 1. The van der Waals surface area contributed by atoms with Crippen LogP contribution in [0, 0.1) is 5.82 Å². The van der Waals surface area contributed by atoms with Crippen molar-refractivity contribution in [3.05, 3.63) is 65.5 Å². The van der Waals surface area contributed by atoms with E-state index in [0.29, 0.717) is 10.8 Å². The van der Waals surface area contributed by atoms with Crippen molar-refractivity contribution in [1.29, 1.82) is 0 Å². The molecule has 0 spiro atoms. The summed E-state index contributed by atoms with van der Waals surface area (Å²) in [5.41, 5.74) is 3.14. The van der Waals surface area contributed by atoms with Crippen molar-refractivity contribution in [2.24, 2.45) is 0 Å². The number of benzene rings is 2. The van der Waals surface area contributed by atoms with Crippen LogP contribution in [0.25, 0.3) is 0 Å². The second-order valence-electron chi connectivity index (χ2n) is 5.63. The molecule has 0 radical (unpaired) electrons. The Hall–Kier alpha value is -1.94. The zero-order valence-electron chi connectivity index (χ0n) is 12.6. The van der Waals surface area contributed by atoms with E-state index in [2.05, 4.69) is 29.6 Å². The average Bonchev–Trinajstić information content (AvgIpc) is 2.55. The van der Waals surface area contributed by atoms with Crippen molar-refractivity contribution in [1.82, 2.24) is 4.90 Å². The van der Waals surface area contributed by atoms with Crippen molar-refractivity contribution < 1.29 is 4.39 Å². The molecule has 0 amide bonds. The molecule has 1 N–H and O–H groups in total. The molecule has 0 fully saturated rings. The Morgan fingerprint density at radius 1 is 1.18 bits per heavy atom. The number of nitrogens with one attached hydrogen (secondary N) is 1. The fraction of sp³-hybridized carbons (Fsp3) is 0.278. The lowest BCUT2D eigenvalue weighted by atomic mass is 9.87. The number of halogens is 1. The van der Waals surface area contributed by atoms with E-state index in [9.17, 15) is 4.39 Å². The van der Waals surface area contributed by atoms with Crippen LogP contribution in [0.15, 0.2) is 48.5 Å². The van der Waals surface area contributed by atoms with Crippen LogP contribution in [0.1, 0.15) is 30.0 Å². The van der Waals surface area contributed by atoms with Gasteiger partial charge < -0.3 is 10.2 Å². The molecule has 0 aromatic heterocycles. The van der Waals surface area contributed by atoms with Crippen LogP contribution in [-0.2, 0) is 6.42 Å². The summed E-state index contributed by atoms with van der Waals surface area (Å²) in [5, 5.41) is 3.57. The van der Waals surface area contributed by atoms with E-state index in [1.165, 1.54) is 17.2 Å². The Morgan fingerprint density at radius 3 is 2.73 bits per heavy atom. The summed E-state index contributed by atoms with van der Waals surface area (Å²) in [5.74, 6) is -0.290. The number of aryl methyl sites for hydroxylation is 1. The van der Waals surface area contributed by atoms with Crippen LogP contribution in [-0.4, -0.2) is 17.1 Å². The lowest BCUT2D eigenvalue weighted by Gasteiger charge is -2.35. The minimum Gasteiger partial charge on any atom is -0.345 e. The lowest BCUT2D eigenvalue weighted by molar-refractivity contribution is 0.336. The molecule has 1 aliphatic rings. The molecule has 0 unspecified atom stereocenters. The maximum absolute atomic E-state index is 13.8. The normalized spacial score (nSPS) is 16.7. The van der Waals surface area contributed by atoms with Gasteiger partial charge in [0.1, 0.15) is 5.82 Å². The second kappa shape index (κ2) is 6.44. The summed E-state index contributed by atoms with van der Waals surface area (Å²) in [4.78, 5) is 2.04. The van der Waals surface area contributed by atoms with Crippen molar-refractivity contribution in [3.63, 3.8) is 0 Å². The Bertz CT molecular complexity index is 686. The van der Waals surface area contributed by atoms with Crippen LogP contribution in [0.2, 0.25) is 0 Å². The predicted octanol–water partition coefficient (Wildman–Crippen LogP) is 4.53. The lowest BCUT2D eigenvalue weighted by Crippen LogP contribution is -2.36. The Labute approximate surface area is 136 Å². The van der Waals surface area contributed by atoms with Crippen molar-refractivity contribution >= 4 is 23.0 Å². The Balaban J connectivity index is 1.78. The van der Waals surface area contributed by atoms with E-state index in [-0.39, 0.29) is 11.9 Å². The second-order valence-corrected chi connectivity index (χ2v) is 6.01. The van der Waals surface area contributed by atoms with E-state index in [0.717, 1.165) is 19.3 Å².